The summed E-state index contributed by atoms with van der Waals surface area (Å²) in [4.78, 5) is 28.2. The number of aromatic nitrogens is 1. The summed E-state index contributed by atoms with van der Waals surface area (Å²) in [6.45, 7) is 6.36. The molecular formula is C24H23N3O3. The molecule has 2 aromatic carbocycles. The lowest BCUT2D eigenvalue weighted by Gasteiger charge is -2.18. The third kappa shape index (κ3) is 5.61. The third-order valence-corrected chi connectivity index (χ3v) is 4.35. The maximum absolute atomic E-state index is 12.3. The Bertz CT molecular complexity index is 1040. The van der Waals surface area contributed by atoms with Crippen molar-refractivity contribution in [1.29, 1.82) is 0 Å². The number of carbonyl (C=O) groups excluding carboxylic acids is 2. The van der Waals surface area contributed by atoms with Crippen molar-refractivity contribution in [2.75, 3.05) is 0 Å². The second-order valence-corrected chi connectivity index (χ2v) is 7.70. The lowest BCUT2D eigenvalue weighted by molar-refractivity contribution is 0.0734. The Morgan fingerprint density at radius 3 is 2.27 bits per heavy atom. The van der Waals surface area contributed by atoms with Gasteiger partial charge in [-0.25, -0.2) is 10.2 Å². The molecule has 30 heavy (non-hydrogen) atoms. The smallest absolute Gasteiger partial charge is 0.343 e. The molecule has 6 nitrogen and oxygen atoms in total. The highest BCUT2D eigenvalue weighted by atomic mass is 16.5. The van der Waals surface area contributed by atoms with Crippen LogP contribution in [0, 0.1) is 0 Å². The maximum atomic E-state index is 12.3. The molecule has 6 heteroatoms. The average molecular weight is 401 g/mol. The van der Waals surface area contributed by atoms with Gasteiger partial charge in [-0.2, -0.15) is 5.10 Å². The van der Waals surface area contributed by atoms with E-state index in [1.807, 2.05) is 12.1 Å². The largest absolute Gasteiger partial charge is 0.423 e. The minimum Gasteiger partial charge on any atom is -0.423 e. The number of pyridine rings is 1. The normalized spacial score (nSPS) is 11.3. The molecule has 152 valence electrons. The molecule has 3 aromatic rings. The number of benzene rings is 2. The number of esters is 1. The number of amides is 1. The molecule has 1 aromatic heterocycles. The molecule has 0 fully saturated rings. The summed E-state index contributed by atoms with van der Waals surface area (Å²) in [6.07, 6.45) is 3.04. The van der Waals surface area contributed by atoms with Gasteiger partial charge in [-0.15, -0.1) is 0 Å². The number of hydrogen-bond donors (Lipinski definition) is 1. The van der Waals surface area contributed by atoms with Crippen molar-refractivity contribution >= 4 is 18.1 Å². The van der Waals surface area contributed by atoms with E-state index in [4.69, 9.17) is 4.74 Å². The van der Waals surface area contributed by atoms with Crippen LogP contribution in [0.15, 0.2) is 78.0 Å². The Balaban J connectivity index is 1.56. The number of rotatable bonds is 5. The lowest BCUT2D eigenvalue weighted by Crippen LogP contribution is -2.18. The predicted molar refractivity (Wildman–Crippen MR) is 116 cm³/mol. The van der Waals surface area contributed by atoms with E-state index < -0.39 is 11.9 Å². The van der Waals surface area contributed by atoms with Crippen molar-refractivity contribution in [3.63, 3.8) is 0 Å². The van der Waals surface area contributed by atoms with Gasteiger partial charge in [0.25, 0.3) is 5.91 Å². The van der Waals surface area contributed by atoms with E-state index >= 15 is 0 Å². The number of carbonyl (C=O) groups is 2. The van der Waals surface area contributed by atoms with Gasteiger partial charge in [0, 0.05) is 6.20 Å². The first-order chi connectivity index (χ1) is 14.3. The van der Waals surface area contributed by atoms with Crippen LogP contribution in [-0.4, -0.2) is 23.1 Å². The van der Waals surface area contributed by atoms with Gasteiger partial charge in [0.1, 0.15) is 11.4 Å². The van der Waals surface area contributed by atoms with Crippen LogP contribution < -0.4 is 10.2 Å². The molecule has 0 unspecified atom stereocenters. The summed E-state index contributed by atoms with van der Waals surface area (Å²) >= 11 is 0. The van der Waals surface area contributed by atoms with Crippen LogP contribution in [0.5, 0.6) is 5.75 Å². The fourth-order valence-electron chi connectivity index (χ4n) is 2.61. The van der Waals surface area contributed by atoms with Crippen molar-refractivity contribution in [2.24, 2.45) is 5.10 Å². The van der Waals surface area contributed by atoms with E-state index in [0.29, 0.717) is 11.3 Å². The van der Waals surface area contributed by atoms with Gasteiger partial charge in [0.15, 0.2) is 0 Å². The highest BCUT2D eigenvalue weighted by molar-refractivity contribution is 5.93. The number of hydrazone groups is 1. The molecule has 0 aliphatic carbocycles. The van der Waals surface area contributed by atoms with Crippen LogP contribution in [0.25, 0.3) is 0 Å². The molecule has 0 spiro atoms. The van der Waals surface area contributed by atoms with Crippen LogP contribution in [0.1, 0.15) is 52.7 Å². The molecule has 0 bridgehead atoms. The topological polar surface area (TPSA) is 80.6 Å². The van der Waals surface area contributed by atoms with Gasteiger partial charge < -0.3 is 4.74 Å². The fourth-order valence-corrected chi connectivity index (χ4v) is 2.61. The van der Waals surface area contributed by atoms with Crippen molar-refractivity contribution in [3.05, 3.63) is 95.3 Å². The number of hydrogen-bond acceptors (Lipinski definition) is 5. The van der Waals surface area contributed by atoms with Gasteiger partial charge in [-0.05, 0) is 65.1 Å². The van der Waals surface area contributed by atoms with Crippen LogP contribution in [-0.2, 0) is 5.41 Å². The Kier molecular flexibility index (Phi) is 6.37. The minimum atomic E-state index is -0.417. The summed E-state index contributed by atoms with van der Waals surface area (Å²) in [7, 11) is 0. The molecule has 0 aliphatic heterocycles. The number of ether oxygens (including phenoxy) is 1. The summed E-state index contributed by atoms with van der Waals surface area (Å²) < 4.78 is 5.42. The molecule has 0 saturated carbocycles. The van der Waals surface area contributed by atoms with Crippen molar-refractivity contribution in [3.8, 4) is 5.75 Å². The second kappa shape index (κ2) is 9.13. The predicted octanol–water partition coefficient (Wildman–Crippen LogP) is 4.36. The first-order valence-electron chi connectivity index (χ1n) is 9.50. The Morgan fingerprint density at radius 1 is 0.967 bits per heavy atom. The highest BCUT2D eigenvalue weighted by Crippen LogP contribution is 2.22. The zero-order chi connectivity index (χ0) is 21.6. The SMILES string of the molecule is CC(C)(C)c1ccc(C(=O)Oc2ccc(/C=N/NC(=O)c3ccccn3)cc2)cc1. The molecule has 0 atom stereocenters. The van der Waals surface area contributed by atoms with E-state index in [1.54, 1.807) is 54.6 Å². The number of nitrogens with one attached hydrogen (secondary N) is 1. The monoisotopic (exact) mass is 401 g/mol. The molecule has 0 aliphatic rings. The van der Waals surface area contributed by atoms with Crippen molar-refractivity contribution in [1.82, 2.24) is 10.4 Å². The van der Waals surface area contributed by atoms with E-state index in [2.05, 4.69) is 36.3 Å². The van der Waals surface area contributed by atoms with Gasteiger partial charge in [0.2, 0.25) is 0 Å². The average Bonchev–Trinajstić information content (AvgIpc) is 2.75. The molecule has 1 N–H and O–H groups in total. The van der Waals surface area contributed by atoms with E-state index in [0.717, 1.165) is 11.1 Å². The minimum absolute atomic E-state index is 0.0247. The summed E-state index contributed by atoms with van der Waals surface area (Å²) in [5, 5.41) is 3.91. The van der Waals surface area contributed by atoms with Gasteiger partial charge in [-0.1, -0.05) is 39.0 Å². The molecule has 0 radical (unpaired) electrons. The van der Waals surface area contributed by atoms with Crippen LogP contribution in [0.4, 0.5) is 0 Å². The number of nitrogens with zero attached hydrogens (tertiary/aromatic N) is 2. The van der Waals surface area contributed by atoms with Gasteiger partial charge in [-0.3, -0.25) is 9.78 Å². The molecule has 3 rings (SSSR count). The van der Waals surface area contributed by atoms with E-state index in [9.17, 15) is 9.59 Å². The first-order valence-corrected chi connectivity index (χ1v) is 9.50. The zero-order valence-corrected chi connectivity index (χ0v) is 17.1. The van der Waals surface area contributed by atoms with Crippen LogP contribution in [0.2, 0.25) is 0 Å². The third-order valence-electron chi connectivity index (χ3n) is 4.35. The molecule has 1 amide bonds. The maximum Gasteiger partial charge on any atom is 0.343 e. The first kappa shape index (κ1) is 20.9. The Morgan fingerprint density at radius 2 is 1.67 bits per heavy atom. The van der Waals surface area contributed by atoms with E-state index in [1.165, 1.54) is 12.4 Å². The quantitative estimate of drug-likeness (QED) is 0.298. The second-order valence-electron chi connectivity index (χ2n) is 7.70. The summed E-state index contributed by atoms with van der Waals surface area (Å²) in [5.41, 5.74) is 5.11. The fraction of sp³-hybridized carbons (Fsp3) is 0.167. The van der Waals surface area contributed by atoms with Crippen molar-refractivity contribution in [2.45, 2.75) is 26.2 Å². The lowest BCUT2D eigenvalue weighted by atomic mass is 9.87. The van der Waals surface area contributed by atoms with Gasteiger partial charge in [0.05, 0.1) is 11.8 Å². The van der Waals surface area contributed by atoms with Crippen LogP contribution in [0.3, 0.4) is 0 Å². The van der Waals surface area contributed by atoms with Gasteiger partial charge >= 0.3 is 5.97 Å². The van der Waals surface area contributed by atoms with E-state index in [-0.39, 0.29) is 11.1 Å². The Labute approximate surface area is 175 Å². The van der Waals surface area contributed by atoms with Crippen molar-refractivity contribution < 1.29 is 14.3 Å². The summed E-state index contributed by atoms with van der Waals surface area (Å²) in [6, 6.07) is 19.3. The Hall–Kier alpha value is -3.80. The molecule has 1 heterocycles. The molecular weight excluding hydrogens is 378 g/mol. The standard InChI is InChI=1S/C24H23N3O3/c1-24(2,3)19-11-9-18(10-12-19)23(29)30-20-13-7-17(8-14-20)16-26-27-22(28)21-6-4-5-15-25-21/h4-16H,1-3H3,(H,27,28)/b26-16+. The highest BCUT2D eigenvalue weighted by Gasteiger charge is 2.15. The van der Waals surface area contributed by atoms with Crippen LogP contribution >= 0.6 is 0 Å². The molecule has 0 saturated heterocycles. The zero-order valence-electron chi connectivity index (χ0n) is 17.1. The summed E-state index contributed by atoms with van der Waals surface area (Å²) in [5.74, 6) is -0.385.